The number of nitrogens with zero attached hydrogens (tertiary/aromatic N) is 3. The van der Waals surface area contributed by atoms with E-state index in [-0.39, 0.29) is 5.91 Å². The summed E-state index contributed by atoms with van der Waals surface area (Å²) in [6.45, 7) is 2.59. The van der Waals surface area contributed by atoms with Crippen LogP contribution in [0.2, 0.25) is 0 Å². The van der Waals surface area contributed by atoms with Crippen LogP contribution < -0.4 is 0 Å². The minimum Gasteiger partial charge on any atom is -0.337 e. The largest absolute Gasteiger partial charge is 0.337 e. The van der Waals surface area contributed by atoms with E-state index < -0.39 is 0 Å². The molecule has 0 unspecified atom stereocenters. The maximum atomic E-state index is 12.5. The lowest BCUT2D eigenvalue weighted by atomic mass is 10.2. The second-order valence-electron chi connectivity index (χ2n) is 5.69. The summed E-state index contributed by atoms with van der Waals surface area (Å²) in [5, 5.41) is 3.18. The first kappa shape index (κ1) is 17.6. The molecule has 2 aromatic heterocycles. The number of hydrogen-bond acceptors (Lipinski definition) is 5. The van der Waals surface area contributed by atoms with Gasteiger partial charge in [-0.1, -0.05) is 0 Å². The Kier molecular flexibility index (Phi) is 5.83. The van der Waals surface area contributed by atoms with E-state index in [1.165, 1.54) is 0 Å². The minimum absolute atomic E-state index is 0.0171. The summed E-state index contributed by atoms with van der Waals surface area (Å²) >= 11 is 3.40. The first-order valence-corrected chi connectivity index (χ1v) is 9.76. The molecular weight excluding hydrogens is 350 g/mol. The van der Waals surface area contributed by atoms with Crippen LogP contribution in [0.3, 0.4) is 0 Å². The Labute approximate surface area is 155 Å². The summed E-state index contributed by atoms with van der Waals surface area (Å²) in [4.78, 5) is 23.9. The lowest BCUT2D eigenvalue weighted by Gasteiger charge is -2.17. The highest BCUT2D eigenvalue weighted by atomic mass is 32.2. The molecule has 4 nitrogen and oxygen atoms in total. The quantitative estimate of drug-likeness (QED) is 0.604. The van der Waals surface area contributed by atoms with Gasteiger partial charge in [-0.15, -0.1) is 23.1 Å². The van der Waals surface area contributed by atoms with E-state index in [1.807, 2.05) is 50.4 Å². The Morgan fingerprint density at radius 1 is 1.16 bits per heavy atom. The van der Waals surface area contributed by atoms with E-state index in [0.29, 0.717) is 12.1 Å². The normalized spacial score (nSPS) is 10.6. The zero-order valence-corrected chi connectivity index (χ0v) is 15.8. The molecule has 0 atom stereocenters. The molecule has 6 heteroatoms. The van der Waals surface area contributed by atoms with Crippen molar-refractivity contribution < 1.29 is 4.79 Å². The molecule has 3 aromatic rings. The first-order valence-electron chi connectivity index (χ1n) is 7.90. The second kappa shape index (κ2) is 8.27. The number of thioether (sulfide) groups is 1. The number of amides is 1. The van der Waals surface area contributed by atoms with E-state index >= 15 is 0 Å². The van der Waals surface area contributed by atoms with Crippen molar-refractivity contribution in [3.63, 3.8) is 0 Å². The van der Waals surface area contributed by atoms with Gasteiger partial charge >= 0.3 is 0 Å². The van der Waals surface area contributed by atoms with Gasteiger partial charge in [-0.25, -0.2) is 4.98 Å². The Balaban J connectivity index is 1.58. The van der Waals surface area contributed by atoms with Crippen LogP contribution in [-0.4, -0.2) is 27.8 Å². The van der Waals surface area contributed by atoms with Gasteiger partial charge in [-0.3, -0.25) is 9.78 Å². The van der Waals surface area contributed by atoms with Crippen molar-refractivity contribution in [3.05, 3.63) is 76.0 Å². The fourth-order valence-corrected chi connectivity index (χ4v) is 3.89. The SMILES string of the molecule is Cc1nc(CSc2ccc(C(=O)N(C)Cc3ccncc3)cc2)cs1. The number of aromatic nitrogens is 2. The summed E-state index contributed by atoms with van der Waals surface area (Å²) in [5.74, 6) is 0.864. The molecule has 0 bridgehead atoms. The zero-order chi connectivity index (χ0) is 17.6. The third-order valence-corrected chi connectivity index (χ3v) is 5.54. The lowest BCUT2D eigenvalue weighted by molar-refractivity contribution is 0.0785. The number of aryl methyl sites for hydroxylation is 1. The minimum atomic E-state index is 0.0171. The number of rotatable bonds is 6. The number of benzene rings is 1. The van der Waals surface area contributed by atoms with E-state index in [4.69, 9.17) is 0 Å². The molecule has 0 aliphatic rings. The standard InChI is InChI=1S/C19H19N3OS2/c1-14-21-17(12-24-14)13-25-18-5-3-16(4-6-18)19(23)22(2)11-15-7-9-20-10-8-15/h3-10,12H,11,13H2,1-2H3. The first-order chi connectivity index (χ1) is 12.1. The number of carbonyl (C=O) groups excluding carboxylic acids is 1. The molecule has 0 spiro atoms. The number of thiazole rings is 1. The van der Waals surface area contributed by atoms with Gasteiger partial charge < -0.3 is 4.90 Å². The molecule has 0 radical (unpaired) electrons. The predicted octanol–water partition coefficient (Wildman–Crippen LogP) is 4.41. The maximum absolute atomic E-state index is 12.5. The van der Waals surface area contributed by atoms with Gasteiger partial charge in [0.05, 0.1) is 10.7 Å². The Morgan fingerprint density at radius 2 is 1.88 bits per heavy atom. The van der Waals surface area contributed by atoms with Crippen LogP contribution in [0, 0.1) is 6.92 Å². The van der Waals surface area contributed by atoms with Gasteiger partial charge in [0.15, 0.2) is 0 Å². The van der Waals surface area contributed by atoms with Gasteiger partial charge in [0, 0.05) is 47.6 Å². The van der Waals surface area contributed by atoms with Crippen molar-refractivity contribution in [2.45, 2.75) is 24.1 Å². The molecule has 0 aliphatic carbocycles. The Morgan fingerprint density at radius 3 is 2.52 bits per heavy atom. The molecule has 1 aromatic carbocycles. The third-order valence-electron chi connectivity index (χ3n) is 3.67. The number of hydrogen-bond donors (Lipinski definition) is 0. The fourth-order valence-electron chi connectivity index (χ4n) is 2.38. The summed E-state index contributed by atoms with van der Waals surface area (Å²) in [5.41, 5.74) is 2.87. The summed E-state index contributed by atoms with van der Waals surface area (Å²) in [6.07, 6.45) is 3.48. The van der Waals surface area contributed by atoms with E-state index in [2.05, 4.69) is 15.3 Å². The van der Waals surface area contributed by atoms with Gasteiger partial charge in [-0.2, -0.15) is 0 Å². The van der Waals surface area contributed by atoms with Crippen LogP contribution in [0.4, 0.5) is 0 Å². The van der Waals surface area contributed by atoms with Crippen molar-refractivity contribution in [1.82, 2.24) is 14.9 Å². The molecule has 0 saturated heterocycles. The Hall–Kier alpha value is -2.18. The van der Waals surface area contributed by atoms with Crippen LogP contribution in [0.5, 0.6) is 0 Å². The number of carbonyl (C=O) groups is 1. The molecule has 0 N–H and O–H groups in total. The van der Waals surface area contributed by atoms with Gasteiger partial charge in [-0.05, 0) is 48.9 Å². The van der Waals surface area contributed by atoms with Crippen molar-refractivity contribution in [3.8, 4) is 0 Å². The highest BCUT2D eigenvalue weighted by Gasteiger charge is 2.12. The summed E-state index contributed by atoms with van der Waals surface area (Å²) in [7, 11) is 1.82. The van der Waals surface area contributed by atoms with E-state index in [9.17, 15) is 4.79 Å². The molecular formula is C19H19N3OS2. The molecule has 0 saturated carbocycles. The molecule has 0 aliphatic heterocycles. The zero-order valence-electron chi connectivity index (χ0n) is 14.2. The highest BCUT2D eigenvalue weighted by Crippen LogP contribution is 2.24. The molecule has 0 fully saturated rings. The lowest BCUT2D eigenvalue weighted by Crippen LogP contribution is -2.26. The van der Waals surface area contributed by atoms with E-state index in [0.717, 1.165) is 26.9 Å². The fraction of sp³-hybridized carbons (Fsp3) is 0.211. The molecule has 25 heavy (non-hydrogen) atoms. The highest BCUT2D eigenvalue weighted by molar-refractivity contribution is 7.98. The monoisotopic (exact) mass is 369 g/mol. The van der Waals surface area contributed by atoms with Crippen molar-refractivity contribution in [2.75, 3.05) is 7.05 Å². The average Bonchev–Trinajstić information content (AvgIpc) is 3.06. The van der Waals surface area contributed by atoms with E-state index in [1.54, 1.807) is 40.4 Å². The van der Waals surface area contributed by atoms with Crippen molar-refractivity contribution in [1.29, 1.82) is 0 Å². The molecule has 128 valence electrons. The van der Waals surface area contributed by atoms with Crippen molar-refractivity contribution >= 4 is 29.0 Å². The summed E-state index contributed by atoms with van der Waals surface area (Å²) in [6, 6.07) is 11.6. The van der Waals surface area contributed by atoms with Gasteiger partial charge in [0.1, 0.15) is 0 Å². The van der Waals surface area contributed by atoms with Gasteiger partial charge in [0.2, 0.25) is 0 Å². The third kappa shape index (κ3) is 4.90. The summed E-state index contributed by atoms with van der Waals surface area (Å²) < 4.78 is 0. The van der Waals surface area contributed by atoms with Crippen LogP contribution in [0.15, 0.2) is 59.1 Å². The number of pyridine rings is 1. The van der Waals surface area contributed by atoms with Crippen LogP contribution in [0.25, 0.3) is 0 Å². The second-order valence-corrected chi connectivity index (χ2v) is 7.80. The molecule has 2 heterocycles. The van der Waals surface area contributed by atoms with Crippen LogP contribution in [-0.2, 0) is 12.3 Å². The van der Waals surface area contributed by atoms with Crippen molar-refractivity contribution in [2.24, 2.45) is 0 Å². The molecule has 1 amide bonds. The molecule has 3 rings (SSSR count). The van der Waals surface area contributed by atoms with Gasteiger partial charge in [0.25, 0.3) is 5.91 Å². The Bertz CT molecular complexity index is 831. The maximum Gasteiger partial charge on any atom is 0.253 e. The van der Waals surface area contributed by atoms with Crippen LogP contribution >= 0.6 is 23.1 Å². The predicted molar refractivity (Wildman–Crippen MR) is 103 cm³/mol. The smallest absolute Gasteiger partial charge is 0.253 e. The topological polar surface area (TPSA) is 46.1 Å². The average molecular weight is 370 g/mol. The van der Waals surface area contributed by atoms with Crippen LogP contribution in [0.1, 0.15) is 26.6 Å².